The summed E-state index contributed by atoms with van der Waals surface area (Å²) in [6, 6.07) is 18.6. The van der Waals surface area contributed by atoms with Crippen molar-refractivity contribution >= 4 is 56.5 Å². The van der Waals surface area contributed by atoms with Crippen LogP contribution in [-0.2, 0) is 0 Å². The topological polar surface area (TPSA) is 68.0 Å². The summed E-state index contributed by atoms with van der Waals surface area (Å²) in [5, 5.41) is 3.89. The van der Waals surface area contributed by atoms with Crippen molar-refractivity contribution in [3.8, 4) is 11.5 Å². The van der Waals surface area contributed by atoms with Crippen LogP contribution in [-0.4, -0.2) is 15.9 Å². The number of para-hydroxylation sites is 3. The van der Waals surface area contributed by atoms with Gasteiger partial charge in [-0.2, -0.15) is 0 Å². The minimum absolute atomic E-state index is 0.285. The van der Waals surface area contributed by atoms with Crippen LogP contribution in [0.5, 0.6) is 0 Å². The second kappa shape index (κ2) is 6.74. The van der Waals surface area contributed by atoms with E-state index in [1.807, 2.05) is 54.6 Å². The van der Waals surface area contributed by atoms with Crippen LogP contribution in [0, 0.1) is 0 Å². The van der Waals surface area contributed by atoms with Crippen LogP contribution in [0.3, 0.4) is 0 Å². The first-order valence-electron chi connectivity index (χ1n) is 8.49. The maximum absolute atomic E-state index is 13.0. The van der Waals surface area contributed by atoms with E-state index in [2.05, 4.69) is 15.3 Å². The molecule has 0 unspecified atom stereocenters. The molecule has 5 aromatic rings. The minimum atomic E-state index is -0.285. The summed E-state index contributed by atoms with van der Waals surface area (Å²) < 4.78 is 6.31. The Bertz CT molecular complexity index is 1300. The van der Waals surface area contributed by atoms with Crippen molar-refractivity contribution in [1.82, 2.24) is 9.97 Å². The molecule has 0 fully saturated rings. The zero-order valence-corrected chi connectivity index (χ0v) is 15.9. The number of hydrogen-bond acceptors (Lipinski definition) is 5. The van der Waals surface area contributed by atoms with Crippen molar-refractivity contribution in [3.63, 3.8) is 0 Å². The van der Waals surface area contributed by atoms with Gasteiger partial charge in [0.15, 0.2) is 5.58 Å². The van der Waals surface area contributed by atoms with Gasteiger partial charge in [-0.1, -0.05) is 41.9 Å². The summed E-state index contributed by atoms with van der Waals surface area (Å²) in [7, 11) is 0. The van der Waals surface area contributed by atoms with Gasteiger partial charge in [0.05, 0.1) is 21.1 Å². The van der Waals surface area contributed by atoms with Gasteiger partial charge in [0.25, 0.3) is 5.91 Å². The third-order valence-electron chi connectivity index (χ3n) is 4.31. The molecule has 0 aliphatic heterocycles. The highest BCUT2D eigenvalue weighted by Crippen LogP contribution is 2.36. The predicted octanol–water partition coefficient (Wildman–Crippen LogP) is 6.01. The van der Waals surface area contributed by atoms with E-state index in [1.54, 1.807) is 12.3 Å². The first-order valence-corrected chi connectivity index (χ1v) is 9.69. The molecule has 1 N–H and O–H groups in total. The van der Waals surface area contributed by atoms with E-state index in [0.29, 0.717) is 31.9 Å². The number of amides is 1. The molecule has 0 aliphatic carbocycles. The smallest absolute Gasteiger partial charge is 0.266 e. The number of oxazole rings is 1. The molecule has 0 bridgehead atoms. The maximum atomic E-state index is 13.0. The van der Waals surface area contributed by atoms with Crippen molar-refractivity contribution < 1.29 is 9.21 Å². The molecule has 0 saturated heterocycles. The average Bonchev–Trinajstić information content (AvgIpc) is 3.31. The SMILES string of the molecule is O=C(Nc1cccc2cccnc12)c1sc(Cl)cc1-c1nc2ccccc2o1. The molecule has 3 aromatic heterocycles. The van der Waals surface area contributed by atoms with Gasteiger partial charge in [-0.25, -0.2) is 4.98 Å². The fraction of sp³-hybridized carbons (Fsp3) is 0. The van der Waals surface area contributed by atoms with Gasteiger partial charge in [0.2, 0.25) is 5.89 Å². The van der Waals surface area contributed by atoms with Gasteiger partial charge in [0.1, 0.15) is 10.4 Å². The molecule has 136 valence electrons. The summed E-state index contributed by atoms with van der Waals surface area (Å²) >= 11 is 7.40. The lowest BCUT2D eigenvalue weighted by Gasteiger charge is -2.07. The average molecular weight is 406 g/mol. The number of rotatable bonds is 3. The van der Waals surface area contributed by atoms with Gasteiger partial charge in [-0.15, -0.1) is 11.3 Å². The van der Waals surface area contributed by atoms with Crippen LogP contribution in [0.2, 0.25) is 4.34 Å². The molecule has 1 amide bonds. The normalized spacial score (nSPS) is 11.2. The molecular weight excluding hydrogens is 394 g/mol. The van der Waals surface area contributed by atoms with Gasteiger partial charge in [0, 0.05) is 11.6 Å². The van der Waals surface area contributed by atoms with Gasteiger partial charge >= 0.3 is 0 Å². The standard InChI is InChI=1S/C21H12ClN3O2S/c22-17-11-13(21-25-14-7-1-2-9-16(14)27-21)19(28-17)20(26)24-15-8-3-5-12-6-4-10-23-18(12)15/h1-11H,(H,24,26). The first-order chi connectivity index (χ1) is 13.7. The molecule has 0 spiro atoms. The van der Waals surface area contributed by atoms with Crippen molar-refractivity contribution in [2.75, 3.05) is 5.32 Å². The molecule has 5 nitrogen and oxygen atoms in total. The number of fused-ring (bicyclic) bond motifs is 2. The second-order valence-electron chi connectivity index (χ2n) is 6.11. The molecule has 7 heteroatoms. The van der Waals surface area contributed by atoms with E-state index in [9.17, 15) is 4.79 Å². The van der Waals surface area contributed by atoms with E-state index in [-0.39, 0.29) is 5.91 Å². The largest absolute Gasteiger partial charge is 0.436 e. The van der Waals surface area contributed by atoms with Gasteiger partial charge in [-0.3, -0.25) is 9.78 Å². The minimum Gasteiger partial charge on any atom is -0.436 e. The van der Waals surface area contributed by atoms with Crippen LogP contribution in [0.4, 0.5) is 5.69 Å². The third kappa shape index (κ3) is 2.93. The molecule has 0 atom stereocenters. The fourth-order valence-electron chi connectivity index (χ4n) is 3.06. The van der Waals surface area contributed by atoms with Crippen LogP contribution >= 0.6 is 22.9 Å². The Hall–Kier alpha value is -3.22. The number of nitrogens with zero attached hydrogens (tertiary/aromatic N) is 2. The van der Waals surface area contributed by atoms with Crippen molar-refractivity contribution in [2.24, 2.45) is 0 Å². The van der Waals surface area contributed by atoms with E-state index in [4.69, 9.17) is 16.0 Å². The lowest BCUT2D eigenvalue weighted by atomic mass is 10.2. The molecule has 5 rings (SSSR count). The summed E-state index contributed by atoms with van der Waals surface area (Å²) in [4.78, 5) is 22.3. The molecule has 0 radical (unpaired) electrons. The zero-order chi connectivity index (χ0) is 19.1. The third-order valence-corrected chi connectivity index (χ3v) is 5.58. The second-order valence-corrected chi connectivity index (χ2v) is 7.80. The highest BCUT2D eigenvalue weighted by molar-refractivity contribution is 7.18. The van der Waals surface area contributed by atoms with Gasteiger partial charge in [-0.05, 0) is 30.3 Å². The number of carbonyl (C=O) groups excluding carboxylic acids is 1. The highest BCUT2D eigenvalue weighted by atomic mass is 35.5. The van der Waals surface area contributed by atoms with Crippen molar-refractivity contribution in [3.05, 3.63) is 76.1 Å². The molecule has 0 aliphatic rings. The Morgan fingerprint density at radius 1 is 1.07 bits per heavy atom. The van der Waals surface area contributed by atoms with Crippen LogP contribution in [0.15, 0.2) is 71.3 Å². The number of carbonyl (C=O) groups is 1. The number of hydrogen-bond donors (Lipinski definition) is 1. The Morgan fingerprint density at radius 3 is 2.82 bits per heavy atom. The summed E-state index contributed by atoms with van der Waals surface area (Å²) in [5.74, 6) is 0.0813. The van der Waals surface area contributed by atoms with Gasteiger partial charge < -0.3 is 9.73 Å². The van der Waals surface area contributed by atoms with Crippen molar-refractivity contribution in [2.45, 2.75) is 0 Å². The monoisotopic (exact) mass is 405 g/mol. The lowest BCUT2D eigenvalue weighted by Crippen LogP contribution is -2.11. The molecule has 2 aromatic carbocycles. The Morgan fingerprint density at radius 2 is 1.93 bits per heavy atom. The molecular formula is C21H12ClN3O2S. The van der Waals surface area contributed by atoms with Crippen LogP contribution in [0.25, 0.3) is 33.5 Å². The summed E-state index contributed by atoms with van der Waals surface area (Å²) in [6.45, 7) is 0. The fourth-order valence-corrected chi connectivity index (χ4v) is 4.17. The number of pyridine rings is 1. The van der Waals surface area contributed by atoms with Crippen LogP contribution in [0.1, 0.15) is 9.67 Å². The summed E-state index contributed by atoms with van der Waals surface area (Å²) in [5.41, 5.74) is 3.31. The Labute approximate surface area is 168 Å². The molecule has 3 heterocycles. The highest BCUT2D eigenvalue weighted by Gasteiger charge is 2.22. The Balaban J connectivity index is 1.55. The number of aromatic nitrogens is 2. The number of benzene rings is 2. The quantitative estimate of drug-likeness (QED) is 0.399. The van der Waals surface area contributed by atoms with E-state index in [0.717, 1.165) is 16.4 Å². The first kappa shape index (κ1) is 16.9. The number of nitrogens with one attached hydrogen (secondary N) is 1. The number of anilines is 1. The number of halogens is 1. The maximum Gasteiger partial charge on any atom is 0.266 e. The molecule has 0 saturated carbocycles. The van der Waals surface area contributed by atoms with E-state index in [1.165, 1.54) is 11.3 Å². The molecule has 28 heavy (non-hydrogen) atoms. The lowest BCUT2D eigenvalue weighted by molar-refractivity contribution is 0.103. The predicted molar refractivity (Wildman–Crippen MR) is 112 cm³/mol. The van der Waals surface area contributed by atoms with E-state index < -0.39 is 0 Å². The van der Waals surface area contributed by atoms with Crippen molar-refractivity contribution in [1.29, 1.82) is 0 Å². The van der Waals surface area contributed by atoms with Crippen LogP contribution < -0.4 is 5.32 Å². The summed E-state index contributed by atoms with van der Waals surface area (Å²) in [6.07, 6.45) is 1.70. The van der Waals surface area contributed by atoms with E-state index >= 15 is 0 Å². The number of thiophene rings is 1. The Kier molecular flexibility index (Phi) is 4.07. The zero-order valence-electron chi connectivity index (χ0n) is 14.3.